The van der Waals surface area contributed by atoms with E-state index in [4.69, 9.17) is 5.11 Å². The molecule has 1 N–H and O–H groups in total. The summed E-state index contributed by atoms with van der Waals surface area (Å²) >= 11 is 5.98. The lowest BCUT2D eigenvalue weighted by Gasteiger charge is -1.97. The van der Waals surface area contributed by atoms with E-state index in [0.717, 1.165) is 9.77 Å². The first-order chi connectivity index (χ1) is 6.20. The van der Waals surface area contributed by atoms with Crippen LogP contribution in [-0.2, 0) is 6.61 Å². The fourth-order valence-corrected chi connectivity index (χ4v) is 2.55. The summed E-state index contributed by atoms with van der Waals surface area (Å²) in [6, 6.07) is 6.19. The summed E-state index contributed by atoms with van der Waals surface area (Å²) in [5.41, 5.74) is 1.18. The second-order valence-electron chi connectivity index (χ2n) is 3.05. The zero-order chi connectivity index (χ0) is 9.42. The normalized spacial score (nSPS) is 11.0. The number of hydrogen-bond acceptors (Lipinski definition) is 3. The Balaban J connectivity index is 2.70. The minimum absolute atomic E-state index is 0.125. The summed E-state index contributed by atoms with van der Waals surface area (Å²) in [5, 5.41) is 10.2. The van der Waals surface area contributed by atoms with Crippen molar-refractivity contribution in [3.8, 4) is 0 Å². The van der Waals surface area contributed by atoms with E-state index in [2.05, 4.69) is 24.8 Å². The first kappa shape index (κ1) is 9.06. The van der Waals surface area contributed by atoms with Gasteiger partial charge in [0.05, 0.1) is 6.61 Å². The summed E-state index contributed by atoms with van der Waals surface area (Å²) in [7, 11) is 0. The second-order valence-corrected chi connectivity index (χ2v) is 4.70. The quantitative estimate of drug-likeness (QED) is 0.693. The van der Waals surface area contributed by atoms with E-state index in [1.54, 1.807) is 11.3 Å². The molecule has 1 aromatic heterocycles. The number of thiol groups is 1. The molecule has 0 fully saturated rings. The van der Waals surface area contributed by atoms with Crippen molar-refractivity contribution in [2.75, 3.05) is 0 Å². The Hall–Kier alpha value is -0.510. The van der Waals surface area contributed by atoms with E-state index in [0.29, 0.717) is 0 Å². The Morgan fingerprint density at radius 2 is 2.15 bits per heavy atom. The lowest BCUT2D eigenvalue weighted by atomic mass is 10.2. The first-order valence-corrected chi connectivity index (χ1v) is 5.30. The van der Waals surface area contributed by atoms with Gasteiger partial charge in [0.1, 0.15) is 0 Å². The van der Waals surface area contributed by atoms with Crippen LogP contribution < -0.4 is 0 Å². The van der Waals surface area contributed by atoms with Gasteiger partial charge in [0.25, 0.3) is 0 Å². The number of aliphatic hydroxyl groups excluding tert-OH is 1. The maximum Gasteiger partial charge on any atom is 0.0774 e. The monoisotopic (exact) mass is 210 g/mol. The molecule has 0 amide bonds. The molecule has 13 heavy (non-hydrogen) atoms. The van der Waals surface area contributed by atoms with Crippen molar-refractivity contribution in [1.82, 2.24) is 0 Å². The molecule has 0 atom stereocenters. The molecular formula is C10H10OS2. The molecule has 68 valence electrons. The van der Waals surface area contributed by atoms with Crippen LogP contribution in [0.1, 0.15) is 10.4 Å². The van der Waals surface area contributed by atoms with Crippen LogP contribution in [0.5, 0.6) is 0 Å². The SMILES string of the molecule is Cc1cc2cc(CO)sc2cc1S. The van der Waals surface area contributed by atoms with Crippen LogP contribution in [0.4, 0.5) is 0 Å². The van der Waals surface area contributed by atoms with Crippen LogP contribution in [0.2, 0.25) is 0 Å². The molecule has 2 aromatic rings. The Labute approximate surface area is 86.4 Å². The molecule has 0 saturated carbocycles. The molecule has 2 rings (SSSR count). The number of aliphatic hydroxyl groups is 1. The lowest BCUT2D eigenvalue weighted by molar-refractivity contribution is 0.285. The number of fused-ring (bicyclic) bond motifs is 1. The second kappa shape index (κ2) is 3.33. The largest absolute Gasteiger partial charge is 0.391 e. The van der Waals surface area contributed by atoms with E-state index in [1.807, 2.05) is 13.0 Å². The average Bonchev–Trinajstić information content (AvgIpc) is 2.48. The number of aryl methyl sites for hydroxylation is 1. The maximum absolute atomic E-state index is 8.97. The molecule has 1 heterocycles. The van der Waals surface area contributed by atoms with Gasteiger partial charge in [0.2, 0.25) is 0 Å². The molecule has 0 saturated heterocycles. The molecule has 1 nitrogen and oxygen atoms in total. The van der Waals surface area contributed by atoms with Crippen LogP contribution in [-0.4, -0.2) is 5.11 Å². The molecule has 0 aliphatic heterocycles. The van der Waals surface area contributed by atoms with Gasteiger partial charge < -0.3 is 5.11 Å². The van der Waals surface area contributed by atoms with Crippen molar-refractivity contribution in [3.05, 3.63) is 28.6 Å². The maximum atomic E-state index is 8.97. The van der Waals surface area contributed by atoms with E-state index in [1.165, 1.54) is 15.6 Å². The number of thiophene rings is 1. The molecule has 3 heteroatoms. The van der Waals surface area contributed by atoms with Crippen molar-refractivity contribution >= 4 is 34.1 Å². The topological polar surface area (TPSA) is 20.2 Å². The Morgan fingerprint density at radius 1 is 1.38 bits per heavy atom. The molecule has 0 radical (unpaired) electrons. The highest BCUT2D eigenvalue weighted by molar-refractivity contribution is 7.80. The first-order valence-electron chi connectivity index (χ1n) is 4.03. The molecule has 0 bridgehead atoms. The van der Waals surface area contributed by atoms with Gasteiger partial charge in [-0.3, -0.25) is 0 Å². The third kappa shape index (κ3) is 1.59. The number of hydrogen-bond donors (Lipinski definition) is 2. The third-order valence-corrected chi connectivity index (χ3v) is 3.61. The van der Waals surface area contributed by atoms with Crippen LogP contribution in [0.15, 0.2) is 23.1 Å². The molecular weight excluding hydrogens is 200 g/mol. The summed E-state index contributed by atoms with van der Waals surface area (Å²) in [4.78, 5) is 2.02. The van der Waals surface area contributed by atoms with Gasteiger partial charge in [-0.2, -0.15) is 0 Å². The Morgan fingerprint density at radius 3 is 2.85 bits per heavy atom. The highest BCUT2D eigenvalue weighted by Gasteiger charge is 2.02. The van der Waals surface area contributed by atoms with E-state index < -0.39 is 0 Å². The average molecular weight is 210 g/mol. The Bertz CT molecular complexity index is 406. The van der Waals surface area contributed by atoms with Gasteiger partial charge in [-0.1, -0.05) is 0 Å². The van der Waals surface area contributed by atoms with Gasteiger partial charge >= 0.3 is 0 Å². The smallest absolute Gasteiger partial charge is 0.0774 e. The van der Waals surface area contributed by atoms with Gasteiger partial charge in [-0.05, 0) is 36.1 Å². The standard InChI is InChI=1S/C10H10OS2/c1-6-2-7-3-8(5-11)13-10(7)4-9(6)12/h2-4,11-12H,5H2,1H3. The van der Waals surface area contributed by atoms with Crippen molar-refractivity contribution in [2.24, 2.45) is 0 Å². The van der Waals surface area contributed by atoms with Crippen molar-refractivity contribution in [3.63, 3.8) is 0 Å². The van der Waals surface area contributed by atoms with Gasteiger partial charge in [0, 0.05) is 14.5 Å². The summed E-state index contributed by atoms with van der Waals surface area (Å²) in [5.74, 6) is 0. The van der Waals surface area contributed by atoms with Crippen LogP contribution in [0.3, 0.4) is 0 Å². The molecule has 0 spiro atoms. The molecule has 0 aliphatic carbocycles. The van der Waals surface area contributed by atoms with Crippen molar-refractivity contribution < 1.29 is 5.11 Å². The Kier molecular flexibility index (Phi) is 2.32. The van der Waals surface area contributed by atoms with Gasteiger partial charge in [0.15, 0.2) is 0 Å². The van der Waals surface area contributed by atoms with Gasteiger partial charge in [-0.15, -0.1) is 24.0 Å². The van der Waals surface area contributed by atoms with Crippen LogP contribution >= 0.6 is 24.0 Å². The molecule has 0 aliphatic rings. The highest BCUT2D eigenvalue weighted by atomic mass is 32.1. The lowest BCUT2D eigenvalue weighted by Crippen LogP contribution is -1.73. The predicted molar refractivity (Wildman–Crippen MR) is 59.7 cm³/mol. The summed E-state index contributed by atoms with van der Waals surface area (Å²) in [6.45, 7) is 2.17. The third-order valence-electron chi connectivity index (χ3n) is 2.04. The zero-order valence-electron chi connectivity index (χ0n) is 7.24. The highest BCUT2D eigenvalue weighted by Crippen LogP contribution is 2.29. The van der Waals surface area contributed by atoms with E-state index >= 15 is 0 Å². The fourth-order valence-electron chi connectivity index (χ4n) is 1.32. The predicted octanol–water partition coefficient (Wildman–Crippen LogP) is 2.99. The fraction of sp³-hybridized carbons (Fsp3) is 0.200. The van der Waals surface area contributed by atoms with Gasteiger partial charge in [-0.25, -0.2) is 0 Å². The number of rotatable bonds is 1. The minimum atomic E-state index is 0.125. The van der Waals surface area contributed by atoms with Crippen LogP contribution in [0.25, 0.3) is 10.1 Å². The zero-order valence-corrected chi connectivity index (χ0v) is 8.95. The minimum Gasteiger partial charge on any atom is -0.391 e. The molecule has 1 aromatic carbocycles. The van der Waals surface area contributed by atoms with Crippen molar-refractivity contribution in [1.29, 1.82) is 0 Å². The summed E-state index contributed by atoms with van der Waals surface area (Å²) in [6.07, 6.45) is 0. The van der Waals surface area contributed by atoms with Crippen molar-refractivity contribution in [2.45, 2.75) is 18.4 Å². The van der Waals surface area contributed by atoms with E-state index in [9.17, 15) is 0 Å². The van der Waals surface area contributed by atoms with E-state index in [-0.39, 0.29) is 6.61 Å². The molecule has 0 unspecified atom stereocenters. The summed E-state index contributed by atoms with van der Waals surface area (Å²) < 4.78 is 1.19. The van der Waals surface area contributed by atoms with Crippen LogP contribution in [0, 0.1) is 6.92 Å². The number of benzene rings is 1.